The van der Waals surface area contributed by atoms with E-state index in [9.17, 15) is 8.78 Å². The zero-order chi connectivity index (χ0) is 9.84. The van der Waals surface area contributed by atoms with Crippen molar-refractivity contribution in [1.82, 2.24) is 0 Å². The van der Waals surface area contributed by atoms with Crippen molar-refractivity contribution in [2.45, 2.75) is 12.5 Å². The van der Waals surface area contributed by atoms with E-state index in [0.29, 0.717) is 0 Å². The molecule has 80 valence electrons. The van der Waals surface area contributed by atoms with Crippen molar-refractivity contribution >= 4 is 12.4 Å². The molecule has 0 aliphatic rings. The summed E-state index contributed by atoms with van der Waals surface area (Å²) in [6.07, 6.45) is 0.151. The van der Waals surface area contributed by atoms with Crippen LogP contribution in [-0.2, 0) is 0 Å². The summed E-state index contributed by atoms with van der Waals surface area (Å²) in [5.41, 5.74) is 5.31. The molecule has 0 spiro atoms. The van der Waals surface area contributed by atoms with E-state index in [1.54, 1.807) is 0 Å². The summed E-state index contributed by atoms with van der Waals surface area (Å²) in [6, 6.07) is 2.79. The largest absolute Gasteiger partial charge is 0.396 e. The second-order valence-corrected chi connectivity index (χ2v) is 2.75. The minimum absolute atomic E-state index is 0. The summed E-state index contributed by atoms with van der Waals surface area (Å²) in [5.74, 6) is -1.33. The summed E-state index contributed by atoms with van der Waals surface area (Å²) in [7, 11) is 0. The molecule has 1 aromatic rings. The molecule has 1 atom stereocenters. The van der Waals surface area contributed by atoms with Gasteiger partial charge in [0.15, 0.2) is 0 Å². The Morgan fingerprint density at radius 3 is 2.21 bits per heavy atom. The molecule has 0 fully saturated rings. The third-order valence-corrected chi connectivity index (χ3v) is 1.81. The molecule has 1 unspecified atom stereocenters. The molecule has 0 amide bonds. The fraction of sp³-hybridized carbons (Fsp3) is 0.333. The number of benzene rings is 1. The maximum atomic E-state index is 13.0. The van der Waals surface area contributed by atoms with Gasteiger partial charge in [0.05, 0.1) is 0 Å². The van der Waals surface area contributed by atoms with Crippen LogP contribution in [0.15, 0.2) is 18.2 Å². The smallest absolute Gasteiger partial charge is 0.130 e. The van der Waals surface area contributed by atoms with Gasteiger partial charge in [0.1, 0.15) is 11.6 Å². The van der Waals surface area contributed by atoms with Gasteiger partial charge in [-0.1, -0.05) is 6.07 Å². The molecule has 0 heterocycles. The highest BCUT2D eigenvalue weighted by atomic mass is 35.5. The summed E-state index contributed by atoms with van der Waals surface area (Å²) in [4.78, 5) is 0. The Kier molecular flexibility index (Phi) is 5.60. The summed E-state index contributed by atoms with van der Waals surface area (Å²) >= 11 is 0. The highest BCUT2D eigenvalue weighted by molar-refractivity contribution is 5.85. The number of rotatable bonds is 3. The van der Waals surface area contributed by atoms with Gasteiger partial charge in [-0.15, -0.1) is 12.4 Å². The van der Waals surface area contributed by atoms with E-state index >= 15 is 0 Å². The first-order valence-electron chi connectivity index (χ1n) is 3.97. The number of aliphatic hydroxyl groups excluding tert-OH is 1. The van der Waals surface area contributed by atoms with Crippen LogP contribution >= 0.6 is 12.4 Å². The standard InChI is InChI=1S/C9H11F2NO.ClH/c10-6-2-1-3-7(11)9(6)8(12)4-5-13;/h1-3,8,13H,4-5,12H2;1H. The molecule has 2 nitrogen and oxygen atoms in total. The van der Waals surface area contributed by atoms with Crippen LogP contribution in [0.2, 0.25) is 0 Å². The lowest BCUT2D eigenvalue weighted by molar-refractivity contribution is 0.274. The zero-order valence-electron chi connectivity index (χ0n) is 7.41. The SMILES string of the molecule is Cl.NC(CCO)c1c(F)cccc1F. The Labute approximate surface area is 87.1 Å². The van der Waals surface area contributed by atoms with Crippen molar-refractivity contribution in [1.29, 1.82) is 0 Å². The molecule has 0 saturated heterocycles. The zero-order valence-corrected chi connectivity index (χ0v) is 8.23. The molecule has 0 radical (unpaired) electrons. The van der Waals surface area contributed by atoms with E-state index in [-0.39, 0.29) is 31.0 Å². The Bertz CT molecular complexity index is 276. The van der Waals surface area contributed by atoms with Crippen molar-refractivity contribution in [3.63, 3.8) is 0 Å². The molecule has 14 heavy (non-hydrogen) atoms. The fourth-order valence-corrected chi connectivity index (χ4v) is 1.15. The minimum atomic E-state index is -0.786. The predicted octanol–water partition coefficient (Wildman–Crippen LogP) is 1.77. The second-order valence-electron chi connectivity index (χ2n) is 2.75. The average molecular weight is 224 g/mol. The molecule has 1 aromatic carbocycles. The molecule has 0 aliphatic heterocycles. The first-order chi connectivity index (χ1) is 6.16. The van der Waals surface area contributed by atoms with Crippen molar-refractivity contribution in [2.24, 2.45) is 5.73 Å². The van der Waals surface area contributed by atoms with Gasteiger partial charge in [-0.3, -0.25) is 0 Å². The Morgan fingerprint density at radius 1 is 1.29 bits per heavy atom. The van der Waals surface area contributed by atoms with Crippen LogP contribution in [0, 0.1) is 11.6 Å². The summed E-state index contributed by atoms with van der Waals surface area (Å²) in [6.45, 7) is -0.186. The van der Waals surface area contributed by atoms with Crippen molar-refractivity contribution in [3.05, 3.63) is 35.4 Å². The van der Waals surface area contributed by atoms with Gasteiger partial charge in [0.25, 0.3) is 0 Å². The second kappa shape index (κ2) is 5.90. The molecule has 0 aliphatic carbocycles. The third-order valence-electron chi connectivity index (χ3n) is 1.81. The van der Waals surface area contributed by atoms with Gasteiger partial charge >= 0.3 is 0 Å². The Hall–Kier alpha value is -0.710. The number of hydrogen-bond acceptors (Lipinski definition) is 2. The summed E-state index contributed by atoms with van der Waals surface area (Å²) < 4.78 is 26.0. The molecule has 3 N–H and O–H groups in total. The van der Waals surface area contributed by atoms with E-state index in [4.69, 9.17) is 10.8 Å². The molecule has 0 aromatic heterocycles. The Morgan fingerprint density at radius 2 is 1.79 bits per heavy atom. The lowest BCUT2D eigenvalue weighted by Gasteiger charge is -2.11. The topological polar surface area (TPSA) is 46.2 Å². The van der Waals surface area contributed by atoms with Gasteiger partial charge < -0.3 is 10.8 Å². The number of halogens is 3. The van der Waals surface area contributed by atoms with Crippen LogP contribution < -0.4 is 5.73 Å². The van der Waals surface area contributed by atoms with Crippen LogP contribution in [0.5, 0.6) is 0 Å². The van der Waals surface area contributed by atoms with Gasteiger partial charge in [-0.25, -0.2) is 8.78 Å². The Balaban J connectivity index is 0.00000169. The molecule has 5 heteroatoms. The van der Waals surface area contributed by atoms with Crippen LogP contribution in [0.3, 0.4) is 0 Å². The third kappa shape index (κ3) is 2.90. The highest BCUT2D eigenvalue weighted by Crippen LogP contribution is 2.20. The van der Waals surface area contributed by atoms with Gasteiger partial charge in [0.2, 0.25) is 0 Å². The van der Waals surface area contributed by atoms with Crippen molar-refractivity contribution in [2.75, 3.05) is 6.61 Å². The fourth-order valence-electron chi connectivity index (χ4n) is 1.15. The van der Waals surface area contributed by atoms with Gasteiger partial charge in [-0.05, 0) is 18.6 Å². The molecule has 0 saturated carbocycles. The number of hydrogen-bond donors (Lipinski definition) is 2. The van der Waals surface area contributed by atoms with E-state index in [1.165, 1.54) is 6.07 Å². The van der Waals surface area contributed by atoms with Crippen molar-refractivity contribution in [3.8, 4) is 0 Å². The monoisotopic (exact) mass is 223 g/mol. The van der Waals surface area contributed by atoms with Gasteiger partial charge in [0, 0.05) is 18.2 Å². The van der Waals surface area contributed by atoms with Crippen LogP contribution in [0.4, 0.5) is 8.78 Å². The highest BCUT2D eigenvalue weighted by Gasteiger charge is 2.15. The molecule has 1 rings (SSSR count). The minimum Gasteiger partial charge on any atom is -0.396 e. The molecular formula is C9H12ClF2NO. The predicted molar refractivity (Wildman–Crippen MR) is 52.2 cm³/mol. The maximum Gasteiger partial charge on any atom is 0.130 e. The number of nitrogens with two attached hydrogens (primary N) is 1. The first kappa shape index (κ1) is 13.3. The quantitative estimate of drug-likeness (QED) is 0.821. The first-order valence-corrected chi connectivity index (χ1v) is 3.97. The van der Waals surface area contributed by atoms with E-state index in [2.05, 4.69) is 0 Å². The van der Waals surface area contributed by atoms with Crippen LogP contribution in [0.25, 0.3) is 0 Å². The normalized spacial score (nSPS) is 12.0. The van der Waals surface area contributed by atoms with Crippen molar-refractivity contribution < 1.29 is 13.9 Å². The lowest BCUT2D eigenvalue weighted by atomic mass is 10.0. The van der Waals surface area contributed by atoms with Gasteiger partial charge in [-0.2, -0.15) is 0 Å². The van der Waals surface area contributed by atoms with E-state index in [0.717, 1.165) is 12.1 Å². The summed E-state index contributed by atoms with van der Waals surface area (Å²) in [5, 5.41) is 8.55. The maximum absolute atomic E-state index is 13.0. The van der Waals surface area contributed by atoms with Crippen LogP contribution in [0.1, 0.15) is 18.0 Å². The lowest BCUT2D eigenvalue weighted by Crippen LogP contribution is -2.15. The van der Waals surface area contributed by atoms with E-state index in [1.807, 2.05) is 0 Å². The van der Waals surface area contributed by atoms with Crippen LogP contribution in [-0.4, -0.2) is 11.7 Å². The number of aliphatic hydroxyl groups is 1. The average Bonchev–Trinajstić information content (AvgIpc) is 2.04. The molecule has 0 bridgehead atoms. The van der Waals surface area contributed by atoms with E-state index < -0.39 is 17.7 Å². The molecular weight excluding hydrogens is 212 g/mol.